The number of aliphatic hydroxyl groups excluding tert-OH is 1. The number of halogens is 3. The Labute approximate surface area is 163 Å². The number of hydrogen-bond donors (Lipinski definition) is 1. The fraction of sp³-hybridized carbons (Fsp3) is 0.368. The summed E-state index contributed by atoms with van der Waals surface area (Å²) in [6.07, 6.45) is -1.16. The zero-order valence-corrected chi connectivity index (χ0v) is 18.4. The minimum Gasteiger partial charge on any atom is -0.543 e. The van der Waals surface area contributed by atoms with Crippen molar-refractivity contribution in [2.45, 2.75) is 45.0 Å². The first kappa shape index (κ1) is 20.4. The predicted octanol–water partition coefficient (Wildman–Crippen LogP) is 6.71. The van der Waals surface area contributed by atoms with Crippen molar-refractivity contribution in [3.63, 3.8) is 0 Å². The molecular formula is C19H23BrClFO2Si. The molecule has 0 amide bonds. The number of aliphatic hydroxyl groups is 1. The lowest BCUT2D eigenvalue weighted by atomic mass is 10.0. The lowest BCUT2D eigenvalue weighted by Gasteiger charge is -2.36. The average molecular weight is 446 g/mol. The molecule has 0 aliphatic carbocycles. The van der Waals surface area contributed by atoms with Gasteiger partial charge in [-0.05, 0) is 48.5 Å². The fourth-order valence-corrected chi connectivity index (χ4v) is 3.93. The van der Waals surface area contributed by atoms with Gasteiger partial charge in [0.05, 0.1) is 0 Å². The Balaban J connectivity index is 2.39. The van der Waals surface area contributed by atoms with E-state index >= 15 is 0 Å². The van der Waals surface area contributed by atoms with Crippen molar-refractivity contribution < 1.29 is 13.9 Å². The Morgan fingerprint density at radius 1 is 1.12 bits per heavy atom. The minimum atomic E-state index is -2.05. The van der Waals surface area contributed by atoms with Crippen LogP contribution in [0.1, 0.15) is 38.0 Å². The van der Waals surface area contributed by atoms with Gasteiger partial charge in [-0.25, -0.2) is 4.39 Å². The largest absolute Gasteiger partial charge is 0.543 e. The molecule has 1 unspecified atom stereocenters. The lowest BCUT2D eigenvalue weighted by molar-refractivity contribution is 0.214. The van der Waals surface area contributed by atoms with Gasteiger partial charge in [-0.15, -0.1) is 0 Å². The maximum absolute atomic E-state index is 14.3. The third-order valence-corrected chi connectivity index (χ3v) is 9.88. The van der Waals surface area contributed by atoms with Crippen molar-refractivity contribution in [2.75, 3.05) is 0 Å². The SMILES string of the molecule is CC(C)(C)[Si](C)(C)Oc1ccc(F)c(C(O)c2ccc(Br)cc2Cl)c1. The molecule has 2 aromatic carbocycles. The van der Waals surface area contributed by atoms with E-state index in [1.54, 1.807) is 30.3 Å². The van der Waals surface area contributed by atoms with E-state index in [-0.39, 0.29) is 10.6 Å². The molecule has 0 aliphatic heterocycles. The van der Waals surface area contributed by atoms with Gasteiger partial charge in [0.1, 0.15) is 17.7 Å². The molecule has 0 aromatic heterocycles. The van der Waals surface area contributed by atoms with Crippen LogP contribution >= 0.6 is 27.5 Å². The van der Waals surface area contributed by atoms with Gasteiger partial charge in [-0.2, -0.15) is 0 Å². The van der Waals surface area contributed by atoms with Gasteiger partial charge >= 0.3 is 0 Å². The van der Waals surface area contributed by atoms with Crippen LogP contribution in [0, 0.1) is 5.82 Å². The molecule has 0 fully saturated rings. The summed E-state index contributed by atoms with van der Waals surface area (Å²) in [5.74, 6) is 0.0735. The highest BCUT2D eigenvalue weighted by Crippen LogP contribution is 2.39. The maximum atomic E-state index is 14.3. The van der Waals surface area contributed by atoms with Crippen LogP contribution in [0.3, 0.4) is 0 Å². The minimum absolute atomic E-state index is 0.0230. The monoisotopic (exact) mass is 444 g/mol. The summed E-state index contributed by atoms with van der Waals surface area (Å²) < 4.78 is 21.3. The topological polar surface area (TPSA) is 29.5 Å². The lowest BCUT2D eigenvalue weighted by Crippen LogP contribution is -2.43. The van der Waals surface area contributed by atoms with Crippen LogP contribution in [0.15, 0.2) is 40.9 Å². The smallest absolute Gasteiger partial charge is 0.250 e. The molecule has 1 atom stereocenters. The summed E-state index contributed by atoms with van der Waals surface area (Å²) in [5, 5.41) is 11.0. The Hall–Kier alpha value is -0.883. The molecule has 0 bridgehead atoms. The Bertz CT molecular complexity index is 775. The first-order valence-electron chi connectivity index (χ1n) is 8.04. The molecule has 0 saturated heterocycles. The Kier molecular flexibility index (Phi) is 6.04. The zero-order chi connectivity index (χ0) is 19.0. The fourth-order valence-electron chi connectivity index (χ4n) is 2.13. The van der Waals surface area contributed by atoms with Crippen LogP contribution in [0.25, 0.3) is 0 Å². The third kappa shape index (κ3) is 4.64. The average Bonchev–Trinajstić information content (AvgIpc) is 2.47. The van der Waals surface area contributed by atoms with Crippen LogP contribution < -0.4 is 4.43 Å². The van der Waals surface area contributed by atoms with Gasteiger partial charge in [0.2, 0.25) is 8.32 Å². The highest BCUT2D eigenvalue weighted by Gasteiger charge is 2.39. The first-order valence-corrected chi connectivity index (χ1v) is 12.1. The summed E-state index contributed by atoms with van der Waals surface area (Å²) in [4.78, 5) is 0. The van der Waals surface area contributed by atoms with E-state index in [0.717, 1.165) is 4.47 Å². The zero-order valence-electron chi connectivity index (χ0n) is 15.0. The molecular weight excluding hydrogens is 423 g/mol. The van der Waals surface area contributed by atoms with Crippen LogP contribution in [0.4, 0.5) is 4.39 Å². The van der Waals surface area contributed by atoms with E-state index in [1.165, 1.54) is 6.07 Å². The molecule has 1 N–H and O–H groups in total. The Morgan fingerprint density at radius 3 is 2.32 bits per heavy atom. The molecule has 136 valence electrons. The second-order valence-corrected chi connectivity index (χ2v) is 13.7. The number of rotatable bonds is 4. The molecule has 0 radical (unpaired) electrons. The van der Waals surface area contributed by atoms with E-state index in [4.69, 9.17) is 16.0 Å². The van der Waals surface area contributed by atoms with Crippen LogP contribution in [0.5, 0.6) is 5.75 Å². The van der Waals surface area contributed by atoms with Crippen LogP contribution in [0.2, 0.25) is 23.2 Å². The van der Waals surface area contributed by atoms with Gasteiger partial charge in [-0.1, -0.05) is 54.4 Å². The molecule has 2 aromatic rings. The van der Waals surface area contributed by atoms with E-state index in [0.29, 0.717) is 16.3 Å². The van der Waals surface area contributed by atoms with Crippen molar-refractivity contribution >= 4 is 35.8 Å². The van der Waals surface area contributed by atoms with Crippen molar-refractivity contribution in [1.82, 2.24) is 0 Å². The second-order valence-electron chi connectivity index (χ2n) is 7.61. The summed E-state index contributed by atoms with van der Waals surface area (Å²) in [7, 11) is -2.05. The first-order chi connectivity index (χ1) is 11.4. The number of hydrogen-bond acceptors (Lipinski definition) is 2. The summed E-state index contributed by atoms with van der Waals surface area (Å²) >= 11 is 9.52. The Morgan fingerprint density at radius 2 is 1.76 bits per heavy atom. The molecule has 2 rings (SSSR count). The highest BCUT2D eigenvalue weighted by atomic mass is 79.9. The van der Waals surface area contributed by atoms with E-state index in [1.807, 2.05) is 0 Å². The predicted molar refractivity (Wildman–Crippen MR) is 107 cm³/mol. The summed E-state index contributed by atoms with van der Waals surface area (Å²) in [6, 6.07) is 9.62. The molecule has 0 saturated carbocycles. The quantitative estimate of drug-likeness (QED) is 0.530. The standard InChI is InChI=1S/C19H23BrClFO2Si/c1-19(2,3)25(4,5)24-13-7-9-17(22)15(11-13)18(23)14-8-6-12(20)10-16(14)21/h6-11,18,23H,1-5H3. The van der Waals surface area contributed by atoms with E-state index in [9.17, 15) is 9.50 Å². The molecule has 0 heterocycles. The van der Waals surface area contributed by atoms with Crippen molar-refractivity contribution in [1.29, 1.82) is 0 Å². The molecule has 25 heavy (non-hydrogen) atoms. The van der Waals surface area contributed by atoms with Gasteiger partial charge in [-0.3, -0.25) is 0 Å². The molecule has 6 heteroatoms. The van der Waals surface area contributed by atoms with Crippen molar-refractivity contribution in [3.8, 4) is 5.75 Å². The van der Waals surface area contributed by atoms with Crippen LogP contribution in [-0.2, 0) is 0 Å². The molecule has 0 spiro atoms. The summed E-state index contributed by atoms with van der Waals surface area (Å²) in [5.41, 5.74) is 0.605. The highest BCUT2D eigenvalue weighted by molar-refractivity contribution is 9.10. The normalized spacial score (nSPS) is 13.6. The van der Waals surface area contributed by atoms with Gasteiger partial charge in [0, 0.05) is 20.6 Å². The number of benzene rings is 2. The molecule has 2 nitrogen and oxygen atoms in total. The van der Waals surface area contributed by atoms with Gasteiger partial charge < -0.3 is 9.53 Å². The maximum Gasteiger partial charge on any atom is 0.250 e. The van der Waals surface area contributed by atoms with E-state index in [2.05, 4.69) is 49.8 Å². The third-order valence-electron chi connectivity index (χ3n) is 4.70. The molecule has 0 aliphatic rings. The van der Waals surface area contributed by atoms with Gasteiger partial charge in [0.15, 0.2) is 0 Å². The summed E-state index contributed by atoms with van der Waals surface area (Å²) in [6.45, 7) is 10.7. The van der Waals surface area contributed by atoms with Crippen molar-refractivity contribution in [2.24, 2.45) is 0 Å². The van der Waals surface area contributed by atoms with Crippen LogP contribution in [-0.4, -0.2) is 13.4 Å². The second kappa shape index (κ2) is 7.39. The van der Waals surface area contributed by atoms with E-state index < -0.39 is 20.2 Å². The van der Waals surface area contributed by atoms with Gasteiger partial charge in [0.25, 0.3) is 0 Å². The van der Waals surface area contributed by atoms with Crippen molar-refractivity contribution in [3.05, 3.63) is 62.8 Å².